The average Bonchev–Trinajstić information content (AvgIpc) is 2.79. The number of nitrogens with one attached hydrogen (secondary N) is 4. The number of ether oxygens (including phenoxy) is 1. The first-order valence-corrected chi connectivity index (χ1v) is 10.3. The highest BCUT2D eigenvalue weighted by Gasteiger charge is 2.09. The molecular weight excluding hydrogens is 396 g/mol. The Kier molecular flexibility index (Phi) is 10.0. The van der Waals surface area contributed by atoms with Gasteiger partial charge in [-0.1, -0.05) is 19.1 Å². The fourth-order valence-electron chi connectivity index (χ4n) is 2.76. The lowest BCUT2D eigenvalue weighted by Gasteiger charge is -2.10. The maximum atomic E-state index is 12.3. The SMILES string of the molecule is CCCNC(=O)c1cccc(NCC(=O)Nc2cccc(C(=O)NCCCOC)c2)c1. The van der Waals surface area contributed by atoms with Gasteiger partial charge in [0.15, 0.2) is 0 Å². The number of hydrogen-bond acceptors (Lipinski definition) is 5. The van der Waals surface area contributed by atoms with Crippen molar-refractivity contribution in [3.63, 3.8) is 0 Å². The molecule has 3 amide bonds. The molecule has 2 rings (SSSR count). The van der Waals surface area contributed by atoms with Gasteiger partial charge >= 0.3 is 0 Å². The third-order valence-electron chi connectivity index (χ3n) is 4.33. The van der Waals surface area contributed by atoms with Gasteiger partial charge in [-0.3, -0.25) is 14.4 Å². The zero-order valence-corrected chi connectivity index (χ0v) is 18.0. The van der Waals surface area contributed by atoms with E-state index in [-0.39, 0.29) is 24.3 Å². The molecule has 2 aromatic carbocycles. The van der Waals surface area contributed by atoms with Crippen LogP contribution in [-0.2, 0) is 9.53 Å². The lowest BCUT2D eigenvalue weighted by molar-refractivity contribution is -0.114. The summed E-state index contributed by atoms with van der Waals surface area (Å²) in [4.78, 5) is 36.6. The largest absolute Gasteiger partial charge is 0.385 e. The molecule has 0 heterocycles. The van der Waals surface area contributed by atoms with Crippen LogP contribution in [0.1, 0.15) is 40.5 Å². The highest BCUT2D eigenvalue weighted by molar-refractivity contribution is 5.98. The number of carbonyl (C=O) groups is 3. The number of methoxy groups -OCH3 is 1. The van der Waals surface area contributed by atoms with Gasteiger partial charge in [0, 0.05) is 49.3 Å². The van der Waals surface area contributed by atoms with E-state index in [0.29, 0.717) is 42.2 Å². The van der Waals surface area contributed by atoms with Crippen LogP contribution in [-0.4, -0.2) is 51.1 Å². The molecule has 0 saturated carbocycles. The summed E-state index contributed by atoms with van der Waals surface area (Å²) in [6.45, 7) is 3.72. The van der Waals surface area contributed by atoms with Crippen molar-refractivity contribution in [3.8, 4) is 0 Å². The second kappa shape index (κ2) is 13.0. The molecular formula is C23H30N4O4. The first kappa shape index (κ1) is 23.9. The first-order valence-electron chi connectivity index (χ1n) is 10.3. The molecule has 0 unspecified atom stereocenters. The second-order valence-electron chi connectivity index (χ2n) is 6.92. The summed E-state index contributed by atoms with van der Waals surface area (Å²) in [5, 5.41) is 11.4. The summed E-state index contributed by atoms with van der Waals surface area (Å²) in [5.74, 6) is -0.616. The molecule has 4 N–H and O–H groups in total. The molecule has 8 nitrogen and oxygen atoms in total. The minimum atomic E-state index is -0.265. The molecule has 0 saturated heterocycles. The number of carbonyl (C=O) groups excluding carboxylic acids is 3. The molecule has 0 spiro atoms. The summed E-state index contributed by atoms with van der Waals surface area (Å²) in [6, 6.07) is 13.7. The minimum absolute atomic E-state index is 0.0213. The van der Waals surface area contributed by atoms with Crippen LogP contribution < -0.4 is 21.3 Å². The molecule has 8 heteroatoms. The van der Waals surface area contributed by atoms with Crippen molar-refractivity contribution in [3.05, 3.63) is 59.7 Å². The van der Waals surface area contributed by atoms with Crippen molar-refractivity contribution in [2.45, 2.75) is 19.8 Å². The molecule has 0 atom stereocenters. The topological polar surface area (TPSA) is 109 Å². The Morgan fingerprint density at radius 1 is 0.871 bits per heavy atom. The lowest BCUT2D eigenvalue weighted by Crippen LogP contribution is -2.26. The summed E-state index contributed by atoms with van der Waals surface area (Å²) in [5.41, 5.74) is 2.20. The Balaban J connectivity index is 1.86. The number of hydrogen-bond donors (Lipinski definition) is 4. The van der Waals surface area contributed by atoms with E-state index >= 15 is 0 Å². The Hall–Kier alpha value is -3.39. The maximum absolute atomic E-state index is 12.3. The Morgan fingerprint density at radius 3 is 2.13 bits per heavy atom. The smallest absolute Gasteiger partial charge is 0.251 e. The van der Waals surface area contributed by atoms with Crippen LogP contribution in [0.15, 0.2) is 48.5 Å². The molecule has 0 aliphatic heterocycles. The maximum Gasteiger partial charge on any atom is 0.251 e. The lowest BCUT2D eigenvalue weighted by atomic mass is 10.2. The predicted molar refractivity (Wildman–Crippen MR) is 121 cm³/mol. The second-order valence-corrected chi connectivity index (χ2v) is 6.92. The van der Waals surface area contributed by atoms with Gasteiger partial charge in [0.2, 0.25) is 5.91 Å². The average molecular weight is 427 g/mol. The van der Waals surface area contributed by atoms with Crippen molar-refractivity contribution in [1.82, 2.24) is 10.6 Å². The van der Waals surface area contributed by atoms with Crippen molar-refractivity contribution in [2.75, 3.05) is 44.0 Å². The Labute approximate surface area is 182 Å². The van der Waals surface area contributed by atoms with E-state index in [0.717, 1.165) is 12.8 Å². The molecule has 0 radical (unpaired) electrons. The number of amides is 3. The van der Waals surface area contributed by atoms with Gasteiger partial charge in [-0.05, 0) is 49.2 Å². The fraction of sp³-hybridized carbons (Fsp3) is 0.348. The molecule has 0 fully saturated rings. The van der Waals surface area contributed by atoms with Crippen LogP contribution in [0.25, 0.3) is 0 Å². The van der Waals surface area contributed by atoms with E-state index in [1.165, 1.54) is 0 Å². The van der Waals surface area contributed by atoms with Crippen molar-refractivity contribution >= 4 is 29.1 Å². The summed E-state index contributed by atoms with van der Waals surface area (Å²) >= 11 is 0. The molecule has 0 aliphatic rings. The standard InChI is InChI=1S/C23H30N4O4/c1-3-11-24-22(29)17-7-4-9-19(14-17)26-16-21(28)27-20-10-5-8-18(15-20)23(30)25-12-6-13-31-2/h4-5,7-10,14-15,26H,3,6,11-13,16H2,1-2H3,(H,24,29)(H,25,30)(H,27,28). The molecule has 0 bridgehead atoms. The van der Waals surface area contributed by atoms with Crippen molar-refractivity contribution in [1.29, 1.82) is 0 Å². The third kappa shape index (κ3) is 8.47. The molecule has 2 aromatic rings. The van der Waals surface area contributed by atoms with Crippen LogP contribution >= 0.6 is 0 Å². The van der Waals surface area contributed by atoms with Gasteiger partial charge in [0.1, 0.15) is 0 Å². The highest BCUT2D eigenvalue weighted by atomic mass is 16.5. The fourth-order valence-corrected chi connectivity index (χ4v) is 2.76. The van der Waals surface area contributed by atoms with E-state index in [1.807, 2.05) is 6.92 Å². The molecule has 166 valence electrons. The van der Waals surface area contributed by atoms with Crippen LogP contribution in [0.5, 0.6) is 0 Å². The zero-order valence-electron chi connectivity index (χ0n) is 18.0. The third-order valence-corrected chi connectivity index (χ3v) is 4.33. The number of rotatable bonds is 12. The Bertz CT molecular complexity index is 885. The first-order chi connectivity index (χ1) is 15.0. The van der Waals surface area contributed by atoms with Gasteiger partial charge in [-0.15, -0.1) is 0 Å². The summed E-state index contributed by atoms with van der Waals surface area (Å²) in [7, 11) is 1.61. The van der Waals surface area contributed by atoms with Crippen molar-refractivity contribution < 1.29 is 19.1 Å². The van der Waals surface area contributed by atoms with Gasteiger partial charge in [0.25, 0.3) is 11.8 Å². The number of benzene rings is 2. The molecule has 0 aliphatic carbocycles. The minimum Gasteiger partial charge on any atom is -0.385 e. The molecule has 31 heavy (non-hydrogen) atoms. The normalized spacial score (nSPS) is 10.3. The number of anilines is 2. The zero-order chi connectivity index (χ0) is 22.5. The monoisotopic (exact) mass is 426 g/mol. The van der Waals surface area contributed by atoms with E-state index in [4.69, 9.17) is 4.74 Å². The van der Waals surface area contributed by atoms with E-state index in [9.17, 15) is 14.4 Å². The van der Waals surface area contributed by atoms with Crippen LogP contribution in [0.4, 0.5) is 11.4 Å². The van der Waals surface area contributed by atoms with E-state index < -0.39 is 0 Å². The van der Waals surface area contributed by atoms with Crippen LogP contribution in [0.3, 0.4) is 0 Å². The van der Waals surface area contributed by atoms with E-state index in [1.54, 1.807) is 55.6 Å². The predicted octanol–water partition coefficient (Wildman–Crippen LogP) is 2.64. The van der Waals surface area contributed by atoms with Gasteiger partial charge < -0.3 is 26.0 Å². The van der Waals surface area contributed by atoms with Crippen LogP contribution in [0.2, 0.25) is 0 Å². The van der Waals surface area contributed by atoms with Gasteiger partial charge in [0.05, 0.1) is 6.54 Å². The molecule has 0 aromatic heterocycles. The van der Waals surface area contributed by atoms with Gasteiger partial charge in [-0.25, -0.2) is 0 Å². The summed E-state index contributed by atoms with van der Waals surface area (Å²) < 4.78 is 4.96. The van der Waals surface area contributed by atoms with E-state index in [2.05, 4.69) is 21.3 Å². The Morgan fingerprint density at radius 2 is 1.48 bits per heavy atom. The quantitative estimate of drug-likeness (QED) is 0.390. The van der Waals surface area contributed by atoms with Crippen LogP contribution in [0, 0.1) is 0 Å². The highest BCUT2D eigenvalue weighted by Crippen LogP contribution is 2.12. The van der Waals surface area contributed by atoms with Crippen molar-refractivity contribution in [2.24, 2.45) is 0 Å². The summed E-state index contributed by atoms with van der Waals surface area (Å²) in [6.07, 6.45) is 1.59. The van der Waals surface area contributed by atoms with Gasteiger partial charge in [-0.2, -0.15) is 0 Å².